The van der Waals surface area contributed by atoms with E-state index in [-0.39, 0.29) is 24.3 Å². The van der Waals surface area contributed by atoms with E-state index in [9.17, 15) is 9.59 Å². The zero-order valence-electron chi connectivity index (χ0n) is 15.0. The molecule has 0 radical (unpaired) electrons. The highest BCUT2D eigenvalue weighted by molar-refractivity contribution is 5.95. The highest BCUT2D eigenvalue weighted by Crippen LogP contribution is 2.26. The zero-order chi connectivity index (χ0) is 18.6. The average molecular weight is 370 g/mol. The van der Waals surface area contributed by atoms with Crippen LogP contribution in [0.5, 0.6) is 5.75 Å². The van der Waals surface area contributed by atoms with Gasteiger partial charge < -0.3 is 14.5 Å². The second-order valence-electron chi connectivity index (χ2n) is 6.88. The normalized spacial score (nSPS) is 20.1. The van der Waals surface area contributed by atoms with E-state index in [1.165, 1.54) is 0 Å². The van der Waals surface area contributed by atoms with Gasteiger partial charge in [0.05, 0.1) is 0 Å². The number of hydrogen-bond acceptors (Lipinski definition) is 6. The van der Waals surface area contributed by atoms with Gasteiger partial charge in [-0.1, -0.05) is 11.3 Å². The van der Waals surface area contributed by atoms with Gasteiger partial charge in [-0.3, -0.25) is 9.59 Å². The number of anilines is 1. The predicted molar refractivity (Wildman–Crippen MR) is 96.3 cm³/mol. The maximum absolute atomic E-state index is 12.6. The van der Waals surface area contributed by atoms with Crippen molar-refractivity contribution in [2.45, 2.75) is 31.6 Å². The highest BCUT2D eigenvalue weighted by Gasteiger charge is 2.27. The summed E-state index contributed by atoms with van der Waals surface area (Å²) in [7, 11) is 0. The summed E-state index contributed by atoms with van der Waals surface area (Å²) in [5.41, 5.74) is 0.817. The van der Waals surface area contributed by atoms with Crippen LogP contribution in [0.3, 0.4) is 0 Å². The molecule has 1 aromatic carbocycles. The van der Waals surface area contributed by atoms with E-state index in [4.69, 9.17) is 4.74 Å². The molecule has 2 amide bonds. The Morgan fingerprint density at radius 1 is 1.30 bits per heavy atom. The molecular weight excluding hydrogens is 348 g/mol. The molecule has 3 heterocycles. The second-order valence-corrected chi connectivity index (χ2v) is 6.88. The van der Waals surface area contributed by atoms with Crippen LogP contribution >= 0.6 is 0 Å². The number of tetrazole rings is 1. The fourth-order valence-corrected chi connectivity index (χ4v) is 3.66. The first-order valence-corrected chi connectivity index (χ1v) is 9.25. The first kappa shape index (κ1) is 17.4. The fraction of sp³-hybridized carbons (Fsp3) is 0.500. The Bertz CT molecular complexity index is 809. The van der Waals surface area contributed by atoms with Crippen molar-refractivity contribution in [1.29, 1.82) is 0 Å². The lowest BCUT2D eigenvalue weighted by molar-refractivity contribution is -0.134. The molecule has 1 aromatic heterocycles. The van der Waals surface area contributed by atoms with Crippen molar-refractivity contribution in [1.82, 2.24) is 25.5 Å². The molecule has 0 aliphatic carbocycles. The quantitative estimate of drug-likeness (QED) is 0.845. The van der Waals surface area contributed by atoms with Gasteiger partial charge in [0.15, 0.2) is 12.4 Å². The molecule has 9 heteroatoms. The summed E-state index contributed by atoms with van der Waals surface area (Å²) in [5.74, 6) is 1.41. The molecule has 27 heavy (non-hydrogen) atoms. The monoisotopic (exact) mass is 370 g/mol. The molecule has 2 saturated heterocycles. The number of hydrogen-bond donors (Lipinski definition) is 1. The molecule has 0 saturated carbocycles. The third-order valence-electron chi connectivity index (χ3n) is 5.07. The number of H-pyrrole nitrogens is 1. The van der Waals surface area contributed by atoms with E-state index < -0.39 is 0 Å². The third-order valence-corrected chi connectivity index (χ3v) is 5.07. The number of piperidine rings is 1. The van der Waals surface area contributed by atoms with Gasteiger partial charge in [0.25, 0.3) is 5.91 Å². The van der Waals surface area contributed by atoms with Crippen LogP contribution < -0.4 is 9.64 Å². The van der Waals surface area contributed by atoms with Crippen molar-refractivity contribution in [3.05, 3.63) is 30.1 Å². The van der Waals surface area contributed by atoms with Gasteiger partial charge in [0.2, 0.25) is 5.91 Å². The molecule has 2 aliphatic rings. The highest BCUT2D eigenvalue weighted by atomic mass is 16.5. The molecular formula is C18H22N6O3. The largest absolute Gasteiger partial charge is 0.484 e. The van der Waals surface area contributed by atoms with E-state index in [1.807, 2.05) is 18.2 Å². The van der Waals surface area contributed by atoms with Crippen molar-refractivity contribution in [2.24, 2.45) is 0 Å². The Morgan fingerprint density at radius 3 is 3.00 bits per heavy atom. The van der Waals surface area contributed by atoms with E-state index in [1.54, 1.807) is 15.9 Å². The molecule has 2 aliphatic heterocycles. The number of likely N-dealkylation sites (tertiary alicyclic amines) is 1. The van der Waals surface area contributed by atoms with E-state index in [0.29, 0.717) is 31.1 Å². The van der Waals surface area contributed by atoms with Crippen LogP contribution in [0.4, 0.5) is 5.69 Å². The number of benzene rings is 1. The topological polar surface area (TPSA) is 104 Å². The molecule has 0 spiro atoms. The van der Waals surface area contributed by atoms with Crippen LogP contribution in [0.2, 0.25) is 0 Å². The summed E-state index contributed by atoms with van der Waals surface area (Å²) in [5, 5.41) is 14.1. The molecule has 2 aromatic rings. The summed E-state index contributed by atoms with van der Waals surface area (Å²) in [6, 6.07) is 7.34. The fourth-order valence-electron chi connectivity index (χ4n) is 3.66. The number of carbonyl (C=O) groups is 2. The van der Waals surface area contributed by atoms with Crippen molar-refractivity contribution in [2.75, 3.05) is 31.1 Å². The van der Waals surface area contributed by atoms with Crippen LogP contribution in [-0.4, -0.2) is 63.6 Å². The third kappa shape index (κ3) is 3.91. The molecule has 142 valence electrons. The lowest BCUT2D eigenvalue weighted by Gasteiger charge is -2.31. The number of ether oxygens (including phenoxy) is 1. The van der Waals surface area contributed by atoms with Crippen LogP contribution in [0.1, 0.15) is 37.4 Å². The number of carbonyl (C=O) groups excluding carboxylic acids is 2. The summed E-state index contributed by atoms with van der Waals surface area (Å²) in [6.45, 7) is 1.98. The van der Waals surface area contributed by atoms with Crippen LogP contribution in [-0.2, 0) is 9.59 Å². The maximum Gasteiger partial charge on any atom is 0.260 e. The number of rotatable bonds is 5. The van der Waals surface area contributed by atoms with E-state index in [2.05, 4.69) is 20.6 Å². The Balaban J connectivity index is 1.34. The van der Waals surface area contributed by atoms with Crippen LogP contribution in [0.15, 0.2) is 24.3 Å². The smallest absolute Gasteiger partial charge is 0.260 e. The first-order chi connectivity index (χ1) is 13.2. The van der Waals surface area contributed by atoms with Crippen molar-refractivity contribution in [3.63, 3.8) is 0 Å². The molecule has 0 bridgehead atoms. The van der Waals surface area contributed by atoms with Gasteiger partial charge in [-0.25, -0.2) is 0 Å². The summed E-state index contributed by atoms with van der Waals surface area (Å²) < 4.78 is 5.70. The molecule has 1 atom stereocenters. The Hall–Kier alpha value is -2.97. The minimum absolute atomic E-state index is 0.0314. The Labute approximate surface area is 156 Å². The van der Waals surface area contributed by atoms with Gasteiger partial charge in [-0.05, 0) is 31.4 Å². The van der Waals surface area contributed by atoms with E-state index in [0.717, 1.165) is 31.5 Å². The number of aromatic nitrogens is 4. The molecule has 4 rings (SSSR count). The molecule has 2 fully saturated rings. The standard InChI is InChI=1S/C18H22N6O3/c25-16-7-3-9-24(16)14-5-1-6-15(10-14)27-12-17(26)23-8-2-4-13(11-23)18-19-21-22-20-18/h1,5-6,10,13H,2-4,7-9,11-12H2,(H,19,20,21,22). The summed E-state index contributed by atoms with van der Waals surface area (Å²) in [4.78, 5) is 28.0. The van der Waals surface area contributed by atoms with Crippen LogP contribution in [0.25, 0.3) is 0 Å². The first-order valence-electron chi connectivity index (χ1n) is 9.25. The number of amides is 2. The van der Waals surface area contributed by atoms with E-state index >= 15 is 0 Å². The SMILES string of the molecule is O=C(COc1cccc(N2CCCC2=O)c1)N1CCCC(c2nn[nH]n2)C1. The van der Waals surface area contributed by atoms with Gasteiger partial charge in [-0.2, -0.15) is 5.21 Å². The lowest BCUT2D eigenvalue weighted by atomic mass is 9.97. The number of nitrogens with zero attached hydrogens (tertiary/aromatic N) is 5. The van der Waals surface area contributed by atoms with Crippen molar-refractivity contribution >= 4 is 17.5 Å². The van der Waals surface area contributed by atoms with Gasteiger partial charge >= 0.3 is 0 Å². The van der Waals surface area contributed by atoms with Crippen LogP contribution in [0, 0.1) is 0 Å². The lowest BCUT2D eigenvalue weighted by Crippen LogP contribution is -2.41. The van der Waals surface area contributed by atoms with Gasteiger partial charge in [0.1, 0.15) is 5.75 Å². The minimum atomic E-state index is -0.0640. The Morgan fingerprint density at radius 2 is 2.22 bits per heavy atom. The summed E-state index contributed by atoms with van der Waals surface area (Å²) >= 11 is 0. The number of aromatic amines is 1. The zero-order valence-corrected chi connectivity index (χ0v) is 15.0. The van der Waals surface area contributed by atoms with Gasteiger partial charge in [0, 0.05) is 43.7 Å². The van der Waals surface area contributed by atoms with Crippen molar-refractivity contribution < 1.29 is 14.3 Å². The molecule has 1 N–H and O–H groups in total. The Kier molecular flexibility index (Phi) is 4.99. The molecule has 1 unspecified atom stereocenters. The number of nitrogens with one attached hydrogen (secondary N) is 1. The average Bonchev–Trinajstić information content (AvgIpc) is 3.38. The maximum atomic E-state index is 12.6. The minimum Gasteiger partial charge on any atom is -0.484 e. The van der Waals surface area contributed by atoms with Crippen molar-refractivity contribution in [3.8, 4) is 5.75 Å². The second kappa shape index (κ2) is 7.73. The summed E-state index contributed by atoms with van der Waals surface area (Å²) in [6.07, 6.45) is 3.30. The van der Waals surface area contributed by atoms with Gasteiger partial charge in [-0.15, -0.1) is 10.2 Å². The molecule has 9 nitrogen and oxygen atoms in total. The predicted octanol–water partition coefficient (Wildman–Crippen LogP) is 1.11.